The first kappa shape index (κ1) is 19.4. The second-order valence-corrected chi connectivity index (χ2v) is 6.35. The Kier molecular flexibility index (Phi) is 5.65. The van der Waals surface area contributed by atoms with Gasteiger partial charge in [0, 0.05) is 17.4 Å². The minimum atomic E-state index is -0.695. The molecule has 1 aromatic carbocycles. The quantitative estimate of drug-likeness (QED) is 0.734. The third kappa shape index (κ3) is 3.70. The monoisotopic (exact) mass is 399 g/mol. The topological polar surface area (TPSA) is 73.7 Å². The van der Waals surface area contributed by atoms with Crippen molar-refractivity contribution in [3.05, 3.63) is 76.9 Å². The van der Waals surface area contributed by atoms with Crippen LogP contribution in [0.3, 0.4) is 0 Å². The van der Waals surface area contributed by atoms with Crippen molar-refractivity contribution >= 4 is 29.2 Å². The molecule has 0 bridgehead atoms. The lowest BCUT2D eigenvalue weighted by Crippen LogP contribution is -2.27. The fraction of sp³-hybridized carbons (Fsp3) is 0.150. The van der Waals surface area contributed by atoms with Gasteiger partial charge in [-0.2, -0.15) is 5.10 Å². The second-order valence-electron chi connectivity index (χ2n) is 5.91. The number of halogens is 1. The number of methoxy groups -OCH3 is 2. The zero-order valence-electron chi connectivity index (χ0n) is 15.5. The number of rotatable bonds is 4. The summed E-state index contributed by atoms with van der Waals surface area (Å²) >= 11 is 6.24. The van der Waals surface area contributed by atoms with Crippen molar-refractivity contribution < 1.29 is 19.1 Å². The Bertz CT molecular complexity index is 1020. The van der Waals surface area contributed by atoms with Gasteiger partial charge in [0.2, 0.25) is 0 Å². The van der Waals surface area contributed by atoms with Crippen LogP contribution in [0.2, 0.25) is 5.02 Å². The summed E-state index contributed by atoms with van der Waals surface area (Å²) in [5.41, 5.74) is 2.23. The number of esters is 2. The van der Waals surface area contributed by atoms with Gasteiger partial charge in [-0.3, -0.25) is 0 Å². The van der Waals surface area contributed by atoms with Gasteiger partial charge in [0.1, 0.15) is 5.70 Å². The molecule has 0 spiro atoms. The van der Waals surface area contributed by atoms with Crippen LogP contribution in [0.5, 0.6) is 0 Å². The molecule has 1 aliphatic heterocycles. The molecule has 2 aromatic rings. The van der Waals surface area contributed by atoms with Gasteiger partial charge in [0.25, 0.3) is 0 Å². The van der Waals surface area contributed by atoms with E-state index in [-0.39, 0.29) is 11.3 Å². The van der Waals surface area contributed by atoms with Crippen molar-refractivity contribution in [3.8, 4) is 5.69 Å². The maximum Gasteiger partial charge on any atom is 0.355 e. The number of benzene rings is 1. The predicted molar refractivity (Wildman–Crippen MR) is 105 cm³/mol. The van der Waals surface area contributed by atoms with E-state index >= 15 is 0 Å². The summed E-state index contributed by atoms with van der Waals surface area (Å²) in [6.07, 6.45) is 10.0. The van der Waals surface area contributed by atoms with E-state index in [1.807, 2.05) is 13.1 Å². The highest BCUT2D eigenvalue weighted by Crippen LogP contribution is 2.33. The van der Waals surface area contributed by atoms with E-state index in [4.69, 9.17) is 21.1 Å². The molecule has 1 aromatic heterocycles. The third-order valence-corrected chi connectivity index (χ3v) is 4.28. The maximum atomic E-state index is 12.6. The average Bonchev–Trinajstić information content (AvgIpc) is 3.00. The number of nitrogens with zero attached hydrogens (tertiary/aromatic N) is 3. The summed E-state index contributed by atoms with van der Waals surface area (Å²) in [7, 11) is 2.49. The van der Waals surface area contributed by atoms with E-state index in [1.165, 1.54) is 25.2 Å². The largest absolute Gasteiger partial charge is 0.465 e. The molecule has 7 nitrogen and oxygen atoms in total. The Morgan fingerprint density at radius 3 is 2.46 bits per heavy atom. The smallest absolute Gasteiger partial charge is 0.355 e. The number of carbonyl (C=O) groups is 2. The van der Waals surface area contributed by atoms with E-state index in [0.717, 1.165) is 5.56 Å². The molecule has 0 atom stereocenters. The van der Waals surface area contributed by atoms with Crippen LogP contribution in [0.15, 0.2) is 66.3 Å². The van der Waals surface area contributed by atoms with Crippen molar-refractivity contribution in [2.75, 3.05) is 19.1 Å². The van der Waals surface area contributed by atoms with Crippen LogP contribution < -0.4 is 4.90 Å². The number of aryl methyl sites for hydroxylation is 1. The summed E-state index contributed by atoms with van der Waals surface area (Å²) in [5.74, 6) is -1.36. The van der Waals surface area contributed by atoms with E-state index in [0.29, 0.717) is 16.4 Å². The van der Waals surface area contributed by atoms with Gasteiger partial charge in [-0.05, 0) is 42.8 Å². The minimum Gasteiger partial charge on any atom is -0.465 e. The summed E-state index contributed by atoms with van der Waals surface area (Å²) in [6, 6.07) is 5.18. The Morgan fingerprint density at radius 1 is 1.07 bits per heavy atom. The number of allylic oxidation sites excluding steroid dienone is 2. The Balaban J connectivity index is 2.27. The van der Waals surface area contributed by atoms with Crippen molar-refractivity contribution in [2.24, 2.45) is 0 Å². The molecule has 0 fully saturated rings. The standard InChI is InChI=1S/C20H18ClN3O4/c1-13-11-22-24(12-13)16-8-7-14(21)10-17(16)23-9-5-4-6-15(19(25)27-2)18(23)20(26)28-3/h4-12H,1-3H3. The van der Waals surface area contributed by atoms with Crippen LogP contribution in [0.4, 0.5) is 5.69 Å². The number of hydrogen-bond acceptors (Lipinski definition) is 6. The first-order valence-corrected chi connectivity index (χ1v) is 8.70. The summed E-state index contributed by atoms with van der Waals surface area (Å²) in [5, 5.41) is 4.79. The van der Waals surface area contributed by atoms with Gasteiger partial charge in [0.15, 0.2) is 0 Å². The van der Waals surface area contributed by atoms with Gasteiger partial charge in [-0.1, -0.05) is 17.7 Å². The number of ether oxygens (including phenoxy) is 2. The van der Waals surface area contributed by atoms with Gasteiger partial charge in [0.05, 0.1) is 37.4 Å². The molecular formula is C20H18ClN3O4. The van der Waals surface area contributed by atoms with E-state index in [9.17, 15) is 9.59 Å². The lowest BCUT2D eigenvalue weighted by Gasteiger charge is -2.25. The Labute approximate surface area is 167 Å². The summed E-state index contributed by atoms with van der Waals surface area (Å²) in [6.45, 7) is 1.92. The third-order valence-electron chi connectivity index (χ3n) is 4.04. The Morgan fingerprint density at radius 2 is 1.82 bits per heavy atom. The normalized spacial score (nSPS) is 13.5. The molecule has 0 unspecified atom stereocenters. The molecule has 1 aliphatic rings. The molecule has 0 amide bonds. The van der Waals surface area contributed by atoms with E-state index < -0.39 is 11.9 Å². The van der Waals surface area contributed by atoms with Gasteiger partial charge in [-0.15, -0.1) is 0 Å². The van der Waals surface area contributed by atoms with Gasteiger partial charge in [-0.25, -0.2) is 14.3 Å². The maximum absolute atomic E-state index is 12.6. The summed E-state index contributed by atoms with van der Waals surface area (Å²) in [4.78, 5) is 26.5. The van der Waals surface area contributed by atoms with Crippen LogP contribution in [-0.2, 0) is 19.1 Å². The Hall–Kier alpha value is -3.32. The van der Waals surface area contributed by atoms with Crippen molar-refractivity contribution in [1.82, 2.24) is 9.78 Å². The molecule has 0 saturated heterocycles. The highest BCUT2D eigenvalue weighted by molar-refractivity contribution is 6.31. The lowest BCUT2D eigenvalue weighted by molar-refractivity contribution is -0.139. The van der Waals surface area contributed by atoms with E-state index in [2.05, 4.69) is 5.10 Å². The zero-order chi connectivity index (χ0) is 20.3. The molecular weight excluding hydrogens is 382 g/mol. The fourth-order valence-corrected chi connectivity index (χ4v) is 2.95. The summed E-state index contributed by atoms with van der Waals surface area (Å²) < 4.78 is 11.4. The zero-order valence-corrected chi connectivity index (χ0v) is 16.3. The first-order chi connectivity index (χ1) is 13.5. The molecule has 8 heteroatoms. The molecule has 144 valence electrons. The second kappa shape index (κ2) is 8.14. The highest BCUT2D eigenvalue weighted by atomic mass is 35.5. The number of carbonyl (C=O) groups excluding carboxylic acids is 2. The average molecular weight is 400 g/mol. The van der Waals surface area contributed by atoms with Crippen LogP contribution in [0, 0.1) is 6.92 Å². The minimum absolute atomic E-state index is 0.00625. The van der Waals surface area contributed by atoms with Crippen molar-refractivity contribution in [3.63, 3.8) is 0 Å². The molecule has 0 N–H and O–H groups in total. The number of aromatic nitrogens is 2. The lowest BCUT2D eigenvalue weighted by atomic mass is 10.1. The van der Waals surface area contributed by atoms with Crippen LogP contribution in [0.1, 0.15) is 5.56 Å². The van der Waals surface area contributed by atoms with E-state index in [1.54, 1.807) is 47.4 Å². The molecule has 3 rings (SSSR count). The number of hydrogen-bond donors (Lipinski definition) is 0. The van der Waals surface area contributed by atoms with Crippen molar-refractivity contribution in [1.29, 1.82) is 0 Å². The molecule has 28 heavy (non-hydrogen) atoms. The van der Waals surface area contributed by atoms with Crippen LogP contribution in [0.25, 0.3) is 5.69 Å². The van der Waals surface area contributed by atoms with Crippen molar-refractivity contribution in [2.45, 2.75) is 6.92 Å². The molecule has 2 heterocycles. The molecule has 0 saturated carbocycles. The van der Waals surface area contributed by atoms with Crippen LogP contribution in [-0.4, -0.2) is 35.9 Å². The highest BCUT2D eigenvalue weighted by Gasteiger charge is 2.29. The fourth-order valence-electron chi connectivity index (χ4n) is 2.78. The molecule has 0 radical (unpaired) electrons. The number of anilines is 1. The SMILES string of the molecule is COC(=O)C1=C(C(=O)OC)N(c2cc(Cl)ccc2-n2cc(C)cn2)C=CC=C1. The first-order valence-electron chi connectivity index (χ1n) is 8.32. The van der Waals surface area contributed by atoms with Crippen LogP contribution >= 0.6 is 11.6 Å². The predicted octanol–water partition coefficient (Wildman–Crippen LogP) is 3.32. The molecule has 0 aliphatic carbocycles. The van der Waals surface area contributed by atoms with Gasteiger partial charge >= 0.3 is 11.9 Å². The van der Waals surface area contributed by atoms with Gasteiger partial charge < -0.3 is 14.4 Å².